The monoisotopic (exact) mass is 371 g/mol. The lowest BCUT2D eigenvalue weighted by Crippen LogP contribution is -2.33. The third-order valence-corrected chi connectivity index (χ3v) is 4.38. The quantitative estimate of drug-likeness (QED) is 0.746. The van der Waals surface area contributed by atoms with Gasteiger partial charge in [0.05, 0.1) is 6.54 Å². The number of rotatable bonds is 8. The molecule has 2 rings (SSSR count). The second kappa shape index (κ2) is 9.71. The van der Waals surface area contributed by atoms with E-state index in [2.05, 4.69) is 10.6 Å². The minimum atomic E-state index is -0.298. The highest BCUT2D eigenvalue weighted by molar-refractivity contribution is 5.94. The third kappa shape index (κ3) is 6.40. The predicted molar refractivity (Wildman–Crippen MR) is 106 cm³/mol. The van der Waals surface area contributed by atoms with Crippen molar-refractivity contribution in [2.75, 3.05) is 30.9 Å². The molecule has 0 aliphatic heterocycles. The minimum absolute atomic E-state index is 0.00719. The van der Waals surface area contributed by atoms with Crippen LogP contribution in [0.15, 0.2) is 48.5 Å². The molecule has 0 aliphatic rings. The van der Waals surface area contributed by atoms with E-state index < -0.39 is 0 Å². The lowest BCUT2D eigenvalue weighted by atomic mass is 9.93. The van der Waals surface area contributed by atoms with Crippen molar-refractivity contribution in [1.29, 1.82) is 0 Å². The molecule has 144 valence electrons. The van der Waals surface area contributed by atoms with Crippen LogP contribution in [0.3, 0.4) is 0 Å². The maximum absolute atomic E-state index is 13.0. The van der Waals surface area contributed by atoms with Crippen LogP contribution in [0.5, 0.6) is 0 Å². The molecule has 0 saturated carbocycles. The maximum atomic E-state index is 13.0. The molecule has 0 fully saturated rings. The SMILES string of the molecule is CCC(CC(=O)NCC(=O)Nc1ccc(N(C)C)cc1)c1ccc(F)cc1. The van der Waals surface area contributed by atoms with Crippen molar-refractivity contribution in [3.8, 4) is 0 Å². The summed E-state index contributed by atoms with van der Waals surface area (Å²) >= 11 is 0. The van der Waals surface area contributed by atoms with Crippen LogP contribution in [-0.2, 0) is 9.59 Å². The number of nitrogens with zero attached hydrogens (tertiary/aromatic N) is 1. The Labute approximate surface area is 159 Å². The number of anilines is 2. The van der Waals surface area contributed by atoms with Crippen molar-refractivity contribution in [2.24, 2.45) is 0 Å². The summed E-state index contributed by atoms with van der Waals surface area (Å²) in [4.78, 5) is 26.1. The average molecular weight is 371 g/mol. The van der Waals surface area contributed by atoms with Gasteiger partial charge in [-0.2, -0.15) is 0 Å². The van der Waals surface area contributed by atoms with E-state index in [0.29, 0.717) is 5.69 Å². The van der Waals surface area contributed by atoms with Gasteiger partial charge in [-0.25, -0.2) is 4.39 Å². The molecule has 2 amide bonds. The van der Waals surface area contributed by atoms with Crippen molar-refractivity contribution < 1.29 is 14.0 Å². The molecule has 2 aromatic carbocycles. The number of halogens is 1. The summed E-state index contributed by atoms with van der Waals surface area (Å²) in [5.41, 5.74) is 2.63. The standard InChI is InChI=1S/C21H26FN3O2/c1-4-15(16-5-7-17(22)8-6-16)13-20(26)23-14-21(27)24-18-9-11-19(12-10-18)25(2)3/h5-12,15H,4,13-14H2,1-3H3,(H,23,26)(H,24,27). The van der Waals surface area contributed by atoms with Gasteiger partial charge in [-0.3, -0.25) is 9.59 Å². The Balaban J connectivity index is 1.81. The minimum Gasteiger partial charge on any atom is -0.378 e. The van der Waals surface area contributed by atoms with Crippen LogP contribution in [0.2, 0.25) is 0 Å². The van der Waals surface area contributed by atoms with E-state index in [1.165, 1.54) is 12.1 Å². The molecule has 0 radical (unpaired) electrons. The number of hydrogen-bond acceptors (Lipinski definition) is 3. The van der Waals surface area contributed by atoms with Gasteiger partial charge in [0.25, 0.3) is 0 Å². The fraction of sp³-hybridized carbons (Fsp3) is 0.333. The lowest BCUT2D eigenvalue weighted by molar-refractivity contribution is -0.124. The normalized spacial score (nSPS) is 11.6. The second-order valence-corrected chi connectivity index (χ2v) is 6.63. The van der Waals surface area contributed by atoms with Crippen LogP contribution in [0.1, 0.15) is 31.2 Å². The summed E-state index contributed by atoms with van der Waals surface area (Å²) in [5, 5.41) is 5.40. The fourth-order valence-corrected chi connectivity index (χ4v) is 2.76. The van der Waals surface area contributed by atoms with Gasteiger partial charge in [-0.15, -0.1) is 0 Å². The van der Waals surface area contributed by atoms with Crippen LogP contribution in [0, 0.1) is 5.82 Å². The van der Waals surface area contributed by atoms with Crippen molar-refractivity contribution in [3.05, 3.63) is 59.9 Å². The van der Waals surface area contributed by atoms with Gasteiger partial charge in [-0.1, -0.05) is 19.1 Å². The van der Waals surface area contributed by atoms with Crippen molar-refractivity contribution >= 4 is 23.2 Å². The van der Waals surface area contributed by atoms with E-state index in [9.17, 15) is 14.0 Å². The molecule has 0 aliphatic carbocycles. The van der Waals surface area contributed by atoms with Gasteiger partial charge in [0, 0.05) is 31.9 Å². The van der Waals surface area contributed by atoms with Gasteiger partial charge >= 0.3 is 0 Å². The van der Waals surface area contributed by atoms with Crippen LogP contribution < -0.4 is 15.5 Å². The van der Waals surface area contributed by atoms with Gasteiger partial charge in [0.15, 0.2) is 0 Å². The molecular formula is C21H26FN3O2. The predicted octanol–water partition coefficient (Wildman–Crippen LogP) is 3.53. The number of nitrogens with one attached hydrogen (secondary N) is 2. The molecular weight excluding hydrogens is 345 g/mol. The summed E-state index contributed by atoms with van der Waals surface area (Å²) in [7, 11) is 3.89. The fourth-order valence-electron chi connectivity index (χ4n) is 2.76. The third-order valence-electron chi connectivity index (χ3n) is 4.38. The number of hydrogen-bond donors (Lipinski definition) is 2. The highest BCUT2D eigenvalue weighted by atomic mass is 19.1. The Bertz CT molecular complexity index is 758. The molecule has 0 heterocycles. The zero-order chi connectivity index (χ0) is 19.8. The molecule has 0 saturated heterocycles. The summed E-state index contributed by atoms with van der Waals surface area (Å²) in [6, 6.07) is 13.6. The second-order valence-electron chi connectivity index (χ2n) is 6.63. The largest absolute Gasteiger partial charge is 0.378 e. The van der Waals surface area contributed by atoms with E-state index >= 15 is 0 Å². The zero-order valence-corrected chi connectivity index (χ0v) is 16.0. The first-order valence-corrected chi connectivity index (χ1v) is 8.98. The Morgan fingerprint density at radius 2 is 1.63 bits per heavy atom. The maximum Gasteiger partial charge on any atom is 0.243 e. The van der Waals surface area contributed by atoms with Crippen molar-refractivity contribution in [3.63, 3.8) is 0 Å². The zero-order valence-electron chi connectivity index (χ0n) is 16.0. The van der Waals surface area contributed by atoms with Gasteiger partial charge < -0.3 is 15.5 Å². The molecule has 1 unspecified atom stereocenters. The molecule has 1 atom stereocenters. The molecule has 2 aromatic rings. The smallest absolute Gasteiger partial charge is 0.243 e. The first-order valence-electron chi connectivity index (χ1n) is 8.98. The van der Waals surface area contributed by atoms with E-state index in [-0.39, 0.29) is 36.5 Å². The number of amides is 2. The van der Waals surface area contributed by atoms with Crippen LogP contribution in [0.4, 0.5) is 15.8 Å². The van der Waals surface area contributed by atoms with Crippen molar-refractivity contribution in [2.45, 2.75) is 25.7 Å². The molecule has 0 aromatic heterocycles. The Morgan fingerprint density at radius 3 is 2.19 bits per heavy atom. The van der Waals surface area contributed by atoms with Gasteiger partial charge in [-0.05, 0) is 54.3 Å². The van der Waals surface area contributed by atoms with E-state index in [1.807, 2.05) is 50.2 Å². The molecule has 0 bridgehead atoms. The first-order chi connectivity index (χ1) is 12.9. The van der Waals surface area contributed by atoms with Crippen LogP contribution >= 0.6 is 0 Å². The highest BCUT2D eigenvalue weighted by Gasteiger charge is 2.15. The number of benzene rings is 2. The van der Waals surface area contributed by atoms with E-state index in [0.717, 1.165) is 17.7 Å². The molecule has 6 heteroatoms. The Hall–Kier alpha value is -2.89. The van der Waals surface area contributed by atoms with Crippen LogP contribution in [-0.4, -0.2) is 32.5 Å². The Kier molecular flexibility index (Phi) is 7.34. The summed E-state index contributed by atoms with van der Waals surface area (Å²) in [5.74, 6) is -0.791. The van der Waals surface area contributed by atoms with Gasteiger partial charge in [0.1, 0.15) is 5.82 Å². The average Bonchev–Trinajstić information content (AvgIpc) is 2.65. The molecule has 2 N–H and O–H groups in total. The lowest BCUT2D eigenvalue weighted by Gasteiger charge is -2.15. The summed E-state index contributed by atoms with van der Waals surface area (Å²) in [6.07, 6.45) is 1.01. The van der Waals surface area contributed by atoms with E-state index in [4.69, 9.17) is 0 Å². The van der Waals surface area contributed by atoms with E-state index in [1.54, 1.807) is 12.1 Å². The van der Waals surface area contributed by atoms with Crippen molar-refractivity contribution in [1.82, 2.24) is 5.32 Å². The summed E-state index contributed by atoms with van der Waals surface area (Å²) < 4.78 is 13.0. The Morgan fingerprint density at radius 1 is 1.00 bits per heavy atom. The van der Waals surface area contributed by atoms with Crippen LogP contribution in [0.25, 0.3) is 0 Å². The molecule has 27 heavy (non-hydrogen) atoms. The van der Waals surface area contributed by atoms with Gasteiger partial charge in [0.2, 0.25) is 11.8 Å². The summed E-state index contributed by atoms with van der Waals surface area (Å²) in [6.45, 7) is 1.89. The highest BCUT2D eigenvalue weighted by Crippen LogP contribution is 2.23. The topological polar surface area (TPSA) is 61.4 Å². The number of carbonyl (C=O) groups is 2. The first kappa shape index (κ1) is 20.4. The molecule has 0 spiro atoms. The number of carbonyl (C=O) groups excluding carboxylic acids is 2. The molecule has 5 nitrogen and oxygen atoms in total.